The van der Waals surface area contributed by atoms with Crippen molar-refractivity contribution in [1.82, 2.24) is 5.32 Å². The van der Waals surface area contributed by atoms with Crippen LogP contribution in [0.15, 0.2) is 24.3 Å². The van der Waals surface area contributed by atoms with Crippen molar-refractivity contribution in [3.05, 3.63) is 35.6 Å². The van der Waals surface area contributed by atoms with Gasteiger partial charge in [0.2, 0.25) is 5.91 Å². The molecule has 0 bridgehead atoms. The largest absolute Gasteiger partial charge is 0.392 e. The first-order valence-corrected chi connectivity index (χ1v) is 7.28. The van der Waals surface area contributed by atoms with Crippen LogP contribution in [0.2, 0.25) is 0 Å². The maximum atomic E-state index is 12.8. The molecular formula is C15H19FN2OS. The van der Waals surface area contributed by atoms with Gasteiger partial charge in [-0.3, -0.25) is 4.79 Å². The summed E-state index contributed by atoms with van der Waals surface area (Å²) >= 11 is 5.08. The van der Waals surface area contributed by atoms with Gasteiger partial charge >= 0.3 is 0 Å². The normalized spacial score (nSPS) is 16.9. The van der Waals surface area contributed by atoms with Gasteiger partial charge in [-0.05, 0) is 37.0 Å². The van der Waals surface area contributed by atoms with Gasteiger partial charge in [-0.15, -0.1) is 0 Å². The number of amides is 1. The van der Waals surface area contributed by atoms with E-state index >= 15 is 0 Å². The zero-order valence-corrected chi connectivity index (χ0v) is 12.1. The third-order valence-electron chi connectivity index (χ3n) is 3.98. The molecule has 3 nitrogen and oxygen atoms in total. The van der Waals surface area contributed by atoms with Crippen molar-refractivity contribution in [2.24, 2.45) is 11.1 Å². The molecule has 1 aromatic rings. The lowest BCUT2D eigenvalue weighted by Gasteiger charge is -2.26. The summed E-state index contributed by atoms with van der Waals surface area (Å²) in [5.41, 5.74) is 6.10. The van der Waals surface area contributed by atoms with E-state index in [9.17, 15) is 9.18 Å². The second-order valence-electron chi connectivity index (χ2n) is 5.29. The Bertz CT molecular complexity index is 495. The molecule has 0 heterocycles. The van der Waals surface area contributed by atoms with Gasteiger partial charge in [0, 0.05) is 6.54 Å². The van der Waals surface area contributed by atoms with Crippen molar-refractivity contribution in [3.8, 4) is 0 Å². The van der Waals surface area contributed by atoms with E-state index in [0.29, 0.717) is 18.0 Å². The molecule has 0 saturated heterocycles. The molecule has 1 aliphatic rings. The van der Waals surface area contributed by atoms with Gasteiger partial charge in [0.15, 0.2) is 0 Å². The van der Waals surface area contributed by atoms with E-state index in [1.165, 1.54) is 12.1 Å². The van der Waals surface area contributed by atoms with E-state index in [0.717, 1.165) is 31.2 Å². The molecule has 0 unspecified atom stereocenters. The number of hydrogen-bond donors (Lipinski definition) is 2. The minimum absolute atomic E-state index is 0.0652. The maximum absolute atomic E-state index is 12.8. The highest BCUT2D eigenvalue weighted by molar-refractivity contribution is 7.80. The minimum Gasteiger partial charge on any atom is -0.392 e. The third-order valence-corrected chi connectivity index (χ3v) is 4.37. The lowest BCUT2D eigenvalue weighted by Crippen LogP contribution is -2.47. The van der Waals surface area contributed by atoms with Crippen LogP contribution >= 0.6 is 12.2 Å². The van der Waals surface area contributed by atoms with Crippen molar-refractivity contribution in [2.45, 2.75) is 32.1 Å². The standard InChI is InChI=1S/C15H19FN2OS/c16-12-5-3-11(4-6-12)7-10-18-14(19)15(13(17)20)8-1-2-9-15/h3-6H,1-2,7-10H2,(H2,17,20)(H,18,19). The zero-order chi connectivity index (χ0) is 14.6. The fourth-order valence-corrected chi connectivity index (χ4v) is 3.00. The summed E-state index contributed by atoms with van der Waals surface area (Å²) in [6, 6.07) is 6.29. The lowest BCUT2D eigenvalue weighted by molar-refractivity contribution is -0.127. The predicted molar refractivity (Wildman–Crippen MR) is 80.8 cm³/mol. The molecule has 108 valence electrons. The second kappa shape index (κ2) is 6.31. The van der Waals surface area contributed by atoms with Crippen LogP contribution in [0.5, 0.6) is 0 Å². The van der Waals surface area contributed by atoms with Gasteiger partial charge < -0.3 is 11.1 Å². The van der Waals surface area contributed by atoms with E-state index in [2.05, 4.69) is 5.32 Å². The van der Waals surface area contributed by atoms with Gasteiger partial charge in [0.1, 0.15) is 5.82 Å². The monoisotopic (exact) mass is 294 g/mol. The average molecular weight is 294 g/mol. The molecule has 0 spiro atoms. The van der Waals surface area contributed by atoms with Gasteiger partial charge in [0.05, 0.1) is 10.4 Å². The molecule has 2 rings (SSSR count). The summed E-state index contributed by atoms with van der Waals surface area (Å²) in [7, 11) is 0. The molecule has 0 radical (unpaired) electrons. The van der Waals surface area contributed by atoms with Gasteiger partial charge in [-0.2, -0.15) is 0 Å². The highest BCUT2D eigenvalue weighted by atomic mass is 32.1. The number of benzene rings is 1. The number of halogens is 1. The first-order valence-electron chi connectivity index (χ1n) is 6.87. The van der Waals surface area contributed by atoms with Gasteiger partial charge in [0.25, 0.3) is 0 Å². The Morgan fingerprint density at radius 2 is 1.90 bits per heavy atom. The lowest BCUT2D eigenvalue weighted by atomic mass is 9.85. The highest BCUT2D eigenvalue weighted by Gasteiger charge is 2.43. The fraction of sp³-hybridized carbons (Fsp3) is 0.467. The number of hydrogen-bond acceptors (Lipinski definition) is 2. The van der Waals surface area contributed by atoms with Crippen LogP contribution < -0.4 is 11.1 Å². The Labute approximate surface area is 123 Å². The van der Waals surface area contributed by atoms with E-state index in [1.807, 2.05) is 0 Å². The average Bonchev–Trinajstić information content (AvgIpc) is 2.91. The summed E-state index contributed by atoms with van der Waals surface area (Å²) in [5, 5.41) is 2.91. The topological polar surface area (TPSA) is 55.1 Å². The number of carbonyl (C=O) groups is 1. The molecule has 0 aromatic heterocycles. The number of thiocarbonyl (C=S) groups is 1. The quantitative estimate of drug-likeness (QED) is 0.820. The fourth-order valence-electron chi connectivity index (χ4n) is 2.70. The molecule has 1 aliphatic carbocycles. The Hall–Kier alpha value is -1.49. The smallest absolute Gasteiger partial charge is 0.233 e. The van der Waals surface area contributed by atoms with E-state index in [4.69, 9.17) is 18.0 Å². The van der Waals surface area contributed by atoms with E-state index in [1.54, 1.807) is 12.1 Å². The minimum atomic E-state index is -0.655. The Balaban J connectivity index is 1.88. The van der Waals surface area contributed by atoms with Crippen LogP contribution in [-0.2, 0) is 11.2 Å². The van der Waals surface area contributed by atoms with Crippen molar-refractivity contribution in [3.63, 3.8) is 0 Å². The summed E-state index contributed by atoms with van der Waals surface area (Å²) in [6.07, 6.45) is 4.13. The third kappa shape index (κ3) is 3.15. The van der Waals surface area contributed by atoms with Crippen LogP contribution in [0.3, 0.4) is 0 Å². The molecule has 1 saturated carbocycles. The molecule has 0 aliphatic heterocycles. The second-order valence-corrected chi connectivity index (χ2v) is 5.73. The van der Waals surface area contributed by atoms with E-state index in [-0.39, 0.29) is 11.7 Å². The molecule has 3 N–H and O–H groups in total. The van der Waals surface area contributed by atoms with Crippen molar-refractivity contribution in [1.29, 1.82) is 0 Å². The van der Waals surface area contributed by atoms with Crippen LogP contribution in [0, 0.1) is 11.2 Å². The Kier molecular flexibility index (Phi) is 4.70. The van der Waals surface area contributed by atoms with Crippen LogP contribution in [0.25, 0.3) is 0 Å². The SMILES string of the molecule is NC(=S)C1(C(=O)NCCc2ccc(F)cc2)CCCC1. The molecule has 0 atom stereocenters. The van der Waals surface area contributed by atoms with Crippen molar-refractivity contribution >= 4 is 23.1 Å². The molecule has 20 heavy (non-hydrogen) atoms. The van der Waals surface area contributed by atoms with Crippen LogP contribution in [-0.4, -0.2) is 17.4 Å². The zero-order valence-electron chi connectivity index (χ0n) is 11.3. The van der Waals surface area contributed by atoms with Gasteiger partial charge in [-0.25, -0.2) is 4.39 Å². The predicted octanol–water partition coefficient (Wildman–Crippen LogP) is 2.33. The Morgan fingerprint density at radius 1 is 1.30 bits per heavy atom. The van der Waals surface area contributed by atoms with Gasteiger partial charge in [-0.1, -0.05) is 37.2 Å². The maximum Gasteiger partial charge on any atom is 0.233 e. The van der Waals surface area contributed by atoms with Crippen LogP contribution in [0.1, 0.15) is 31.2 Å². The van der Waals surface area contributed by atoms with Crippen molar-refractivity contribution < 1.29 is 9.18 Å². The highest BCUT2D eigenvalue weighted by Crippen LogP contribution is 2.38. The number of carbonyl (C=O) groups excluding carboxylic acids is 1. The number of rotatable bonds is 5. The number of nitrogens with two attached hydrogens (primary N) is 1. The van der Waals surface area contributed by atoms with Crippen LogP contribution in [0.4, 0.5) is 4.39 Å². The molecule has 5 heteroatoms. The summed E-state index contributed by atoms with van der Waals surface area (Å²) in [6.45, 7) is 0.509. The number of nitrogens with one attached hydrogen (secondary N) is 1. The first-order chi connectivity index (χ1) is 9.54. The molecule has 1 amide bonds. The Morgan fingerprint density at radius 3 is 2.45 bits per heavy atom. The first kappa shape index (κ1) is 14.9. The molecular weight excluding hydrogens is 275 g/mol. The molecule has 1 fully saturated rings. The summed E-state index contributed by atoms with van der Waals surface area (Å²) < 4.78 is 12.8. The molecule has 1 aromatic carbocycles. The summed E-state index contributed by atoms with van der Waals surface area (Å²) in [5.74, 6) is -0.319. The van der Waals surface area contributed by atoms with Crippen molar-refractivity contribution in [2.75, 3.05) is 6.54 Å². The van der Waals surface area contributed by atoms with E-state index < -0.39 is 5.41 Å². The summed E-state index contributed by atoms with van der Waals surface area (Å²) in [4.78, 5) is 12.6.